The number of ether oxygens (including phenoxy) is 2. The summed E-state index contributed by atoms with van der Waals surface area (Å²) in [6.45, 7) is 7.29. The Morgan fingerprint density at radius 1 is 1.26 bits per heavy atom. The van der Waals surface area contributed by atoms with E-state index in [2.05, 4.69) is 36.5 Å². The van der Waals surface area contributed by atoms with Crippen LogP contribution in [0.1, 0.15) is 44.2 Å². The fraction of sp³-hybridized carbons (Fsp3) is 0.650. The van der Waals surface area contributed by atoms with Gasteiger partial charge < -0.3 is 9.47 Å². The molecule has 152 valence electrons. The van der Waals surface area contributed by atoms with Crippen LogP contribution in [0.25, 0.3) is 0 Å². The van der Waals surface area contributed by atoms with Gasteiger partial charge in [-0.05, 0) is 37.3 Å². The van der Waals surface area contributed by atoms with Crippen molar-refractivity contribution in [3.8, 4) is 0 Å². The molecule has 1 saturated heterocycles. The number of carbonyl (C=O) groups excluding carboxylic acids is 1. The molecule has 1 fully saturated rings. The molecule has 1 atom stereocenters. The second-order valence-corrected chi connectivity index (χ2v) is 8.20. The van der Waals surface area contributed by atoms with Crippen molar-refractivity contribution in [3.63, 3.8) is 0 Å². The van der Waals surface area contributed by atoms with Gasteiger partial charge in [-0.2, -0.15) is 0 Å². The lowest BCUT2D eigenvalue weighted by Gasteiger charge is -2.38. The molecule has 27 heavy (non-hydrogen) atoms. The summed E-state index contributed by atoms with van der Waals surface area (Å²) in [5.41, 5.74) is 2.01. The highest BCUT2D eigenvalue weighted by molar-refractivity contribution is 7.81. The lowest BCUT2D eigenvalue weighted by molar-refractivity contribution is -0.142. The number of carbonyl (C=O) groups is 1. The van der Waals surface area contributed by atoms with Crippen molar-refractivity contribution in [2.24, 2.45) is 0 Å². The van der Waals surface area contributed by atoms with Crippen molar-refractivity contribution in [2.75, 3.05) is 39.2 Å². The number of nitrogens with zero attached hydrogens (tertiary/aromatic N) is 1. The molecule has 1 aromatic carbocycles. The maximum absolute atomic E-state index is 11.9. The molecule has 7 heteroatoms. The zero-order chi connectivity index (χ0) is 19.7. The standard InChI is InChI=1S/C20H32N2O4S/c1-4-12-22(27(3)24)16-17-6-8-18(9-7-17)20(10-13-25-14-11-20)21-15-19(23)26-5-2/h6-9,21H,4-5,10-16H2,1-3H3. The Hall–Kier alpha value is -1.28. The second kappa shape index (κ2) is 10.9. The zero-order valence-electron chi connectivity index (χ0n) is 16.7. The Kier molecular flexibility index (Phi) is 8.89. The Labute approximate surface area is 165 Å². The van der Waals surface area contributed by atoms with Crippen molar-refractivity contribution in [1.29, 1.82) is 0 Å². The average Bonchev–Trinajstić information content (AvgIpc) is 2.67. The van der Waals surface area contributed by atoms with Gasteiger partial charge >= 0.3 is 5.97 Å². The molecule has 1 unspecified atom stereocenters. The van der Waals surface area contributed by atoms with Gasteiger partial charge in [0.05, 0.1) is 24.1 Å². The van der Waals surface area contributed by atoms with E-state index in [1.807, 2.05) is 11.2 Å². The highest BCUT2D eigenvalue weighted by Crippen LogP contribution is 2.32. The Bertz CT molecular complexity index is 615. The van der Waals surface area contributed by atoms with Crippen molar-refractivity contribution in [1.82, 2.24) is 9.62 Å². The number of hydrogen-bond acceptors (Lipinski definition) is 5. The van der Waals surface area contributed by atoms with Crippen LogP contribution >= 0.6 is 0 Å². The Morgan fingerprint density at radius 2 is 1.93 bits per heavy atom. The molecule has 2 rings (SSSR count). The average molecular weight is 397 g/mol. The summed E-state index contributed by atoms with van der Waals surface area (Å²) in [6, 6.07) is 8.41. The van der Waals surface area contributed by atoms with Gasteiger partial charge in [0.15, 0.2) is 0 Å². The van der Waals surface area contributed by atoms with Crippen molar-refractivity contribution in [3.05, 3.63) is 35.4 Å². The first-order chi connectivity index (χ1) is 13.0. The molecule has 0 amide bonds. The van der Waals surface area contributed by atoms with Crippen molar-refractivity contribution >= 4 is 17.0 Å². The monoisotopic (exact) mass is 396 g/mol. The molecule has 0 spiro atoms. The van der Waals surface area contributed by atoms with Crippen LogP contribution in [0.5, 0.6) is 0 Å². The van der Waals surface area contributed by atoms with Gasteiger partial charge in [-0.25, -0.2) is 8.51 Å². The van der Waals surface area contributed by atoms with Crippen molar-refractivity contribution < 1.29 is 18.5 Å². The van der Waals surface area contributed by atoms with E-state index in [0.29, 0.717) is 26.4 Å². The van der Waals surface area contributed by atoms with E-state index in [9.17, 15) is 9.00 Å². The predicted octanol–water partition coefficient (Wildman–Crippen LogP) is 2.35. The first-order valence-electron chi connectivity index (χ1n) is 9.67. The molecule has 1 aliphatic heterocycles. The van der Waals surface area contributed by atoms with Crippen molar-refractivity contribution in [2.45, 2.75) is 45.2 Å². The van der Waals surface area contributed by atoms with E-state index in [1.54, 1.807) is 6.26 Å². The minimum absolute atomic E-state index is 0.189. The number of benzene rings is 1. The molecule has 6 nitrogen and oxygen atoms in total. The molecular weight excluding hydrogens is 364 g/mol. The van der Waals surface area contributed by atoms with Gasteiger partial charge in [0.1, 0.15) is 0 Å². The van der Waals surface area contributed by atoms with Gasteiger partial charge in [0, 0.05) is 38.1 Å². The molecular formula is C20H32N2O4S. The van der Waals surface area contributed by atoms with Crippen LogP contribution in [0, 0.1) is 0 Å². The molecule has 1 aromatic rings. The van der Waals surface area contributed by atoms with Crippen LogP contribution in [-0.2, 0) is 37.3 Å². The number of hydrogen-bond donors (Lipinski definition) is 1. The molecule has 1 heterocycles. The SMILES string of the molecule is CCCN(Cc1ccc(C2(NCC(=O)OCC)CCOCC2)cc1)S(C)=O. The Morgan fingerprint density at radius 3 is 2.48 bits per heavy atom. The van der Waals surface area contributed by atoms with E-state index >= 15 is 0 Å². The fourth-order valence-corrected chi connectivity index (χ4v) is 4.19. The molecule has 0 bridgehead atoms. The van der Waals surface area contributed by atoms with E-state index in [1.165, 1.54) is 0 Å². The van der Waals surface area contributed by atoms with Crippen LogP contribution < -0.4 is 5.32 Å². The Balaban J connectivity index is 2.11. The summed E-state index contributed by atoms with van der Waals surface area (Å²) in [4.78, 5) is 11.8. The minimum atomic E-state index is -0.979. The van der Waals surface area contributed by atoms with Crippen LogP contribution in [0.2, 0.25) is 0 Å². The zero-order valence-corrected chi connectivity index (χ0v) is 17.5. The minimum Gasteiger partial charge on any atom is -0.465 e. The van der Waals surface area contributed by atoms with E-state index in [-0.39, 0.29) is 18.1 Å². The summed E-state index contributed by atoms with van der Waals surface area (Å²) < 4.78 is 24.4. The predicted molar refractivity (Wildman–Crippen MR) is 108 cm³/mol. The third-order valence-electron chi connectivity index (χ3n) is 4.92. The summed E-state index contributed by atoms with van der Waals surface area (Å²) in [7, 11) is -0.979. The molecule has 0 aliphatic carbocycles. The highest BCUT2D eigenvalue weighted by Gasteiger charge is 2.34. The van der Waals surface area contributed by atoms with Crippen LogP contribution in [0.4, 0.5) is 0 Å². The van der Waals surface area contributed by atoms with Gasteiger partial charge in [0.25, 0.3) is 0 Å². The van der Waals surface area contributed by atoms with Crippen LogP contribution in [0.3, 0.4) is 0 Å². The molecule has 0 aromatic heterocycles. The van der Waals surface area contributed by atoms with E-state index < -0.39 is 11.0 Å². The van der Waals surface area contributed by atoms with Gasteiger partial charge in [0.2, 0.25) is 0 Å². The first-order valence-corrected chi connectivity index (χ1v) is 11.2. The van der Waals surface area contributed by atoms with Crippen LogP contribution in [0.15, 0.2) is 24.3 Å². The third-order valence-corrected chi connectivity index (χ3v) is 5.96. The number of rotatable bonds is 10. The second-order valence-electron chi connectivity index (χ2n) is 6.84. The van der Waals surface area contributed by atoms with Gasteiger partial charge in [-0.1, -0.05) is 31.2 Å². The fourth-order valence-electron chi connectivity index (χ4n) is 3.42. The van der Waals surface area contributed by atoms with Gasteiger partial charge in [-0.3, -0.25) is 10.1 Å². The number of esters is 1. The smallest absolute Gasteiger partial charge is 0.319 e. The van der Waals surface area contributed by atoms with Crippen LogP contribution in [-0.4, -0.2) is 53.6 Å². The largest absolute Gasteiger partial charge is 0.465 e. The molecule has 0 saturated carbocycles. The van der Waals surface area contributed by atoms with Gasteiger partial charge in [-0.15, -0.1) is 0 Å². The lowest BCUT2D eigenvalue weighted by atomic mass is 9.82. The quantitative estimate of drug-likeness (QED) is 0.615. The lowest BCUT2D eigenvalue weighted by Crippen LogP contribution is -2.48. The van der Waals surface area contributed by atoms with E-state index in [4.69, 9.17) is 9.47 Å². The summed E-state index contributed by atoms with van der Waals surface area (Å²) in [6.07, 6.45) is 4.32. The molecule has 1 aliphatic rings. The maximum atomic E-state index is 11.9. The maximum Gasteiger partial charge on any atom is 0.319 e. The first kappa shape index (κ1) is 22.0. The third kappa shape index (κ3) is 6.38. The molecule has 0 radical (unpaired) electrons. The normalized spacial score (nSPS) is 17.6. The summed E-state index contributed by atoms with van der Waals surface area (Å²) in [5.74, 6) is -0.236. The summed E-state index contributed by atoms with van der Waals surface area (Å²) >= 11 is 0. The molecule has 1 N–H and O–H groups in total. The topological polar surface area (TPSA) is 67.9 Å². The highest BCUT2D eigenvalue weighted by atomic mass is 32.2. The summed E-state index contributed by atoms with van der Waals surface area (Å²) in [5, 5.41) is 3.42. The van der Waals surface area contributed by atoms with E-state index in [0.717, 1.165) is 36.9 Å². The number of nitrogens with one attached hydrogen (secondary N) is 1.